The van der Waals surface area contributed by atoms with E-state index in [-0.39, 0.29) is 0 Å². The average Bonchev–Trinajstić information content (AvgIpc) is 2.64. The summed E-state index contributed by atoms with van der Waals surface area (Å²) in [6.07, 6.45) is 6.18. The van der Waals surface area contributed by atoms with Crippen LogP contribution in [-0.2, 0) is 0 Å². The molecule has 0 saturated heterocycles. The lowest BCUT2D eigenvalue weighted by Gasteiger charge is -2.43. The van der Waals surface area contributed by atoms with Crippen LogP contribution in [0.1, 0.15) is 46.5 Å². The Labute approximate surface area is 70.4 Å². The number of rotatable bonds is 2. The van der Waals surface area contributed by atoms with E-state index in [4.69, 9.17) is 0 Å². The molecular formula is C11H20. The number of hydrogen-bond acceptors (Lipinski definition) is 0. The predicted molar refractivity (Wildman–Crippen MR) is 48.4 cm³/mol. The van der Waals surface area contributed by atoms with Crippen LogP contribution in [0.5, 0.6) is 0 Å². The fraction of sp³-hybridized carbons (Fsp3) is 1.00. The second-order valence-corrected chi connectivity index (χ2v) is 5.11. The van der Waals surface area contributed by atoms with Crippen molar-refractivity contribution in [2.24, 2.45) is 23.2 Å². The second-order valence-electron chi connectivity index (χ2n) is 5.11. The predicted octanol–water partition coefficient (Wildman–Crippen LogP) is 3.47. The summed E-state index contributed by atoms with van der Waals surface area (Å²) in [5.41, 5.74) is 0.893. The van der Waals surface area contributed by atoms with Gasteiger partial charge in [-0.2, -0.15) is 0 Å². The Morgan fingerprint density at radius 2 is 1.73 bits per heavy atom. The van der Waals surface area contributed by atoms with Gasteiger partial charge in [0.1, 0.15) is 0 Å². The monoisotopic (exact) mass is 152 g/mol. The highest BCUT2D eigenvalue weighted by Crippen LogP contribution is 2.67. The van der Waals surface area contributed by atoms with E-state index in [9.17, 15) is 0 Å². The third-order valence-corrected chi connectivity index (χ3v) is 4.32. The maximum absolute atomic E-state index is 2.45. The first-order valence-corrected chi connectivity index (χ1v) is 5.16. The van der Waals surface area contributed by atoms with Gasteiger partial charge in [0.05, 0.1) is 0 Å². The Hall–Kier alpha value is 0. The lowest BCUT2D eigenvalue weighted by molar-refractivity contribution is 0.0650. The maximum atomic E-state index is 2.45. The van der Waals surface area contributed by atoms with Crippen molar-refractivity contribution in [2.75, 3.05) is 0 Å². The quantitative estimate of drug-likeness (QED) is 0.568. The summed E-state index contributed by atoms with van der Waals surface area (Å²) in [4.78, 5) is 0. The molecule has 0 nitrogen and oxygen atoms in total. The van der Waals surface area contributed by atoms with Crippen LogP contribution < -0.4 is 0 Å². The highest BCUT2D eigenvalue weighted by Gasteiger charge is 2.56. The average molecular weight is 152 g/mol. The van der Waals surface area contributed by atoms with Crippen LogP contribution in [0.2, 0.25) is 0 Å². The largest absolute Gasteiger partial charge is 0.0625 e. The Morgan fingerprint density at radius 3 is 2.00 bits per heavy atom. The van der Waals surface area contributed by atoms with Gasteiger partial charge in [0.25, 0.3) is 0 Å². The van der Waals surface area contributed by atoms with Crippen LogP contribution in [0.25, 0.3) is 0 Å². The van der Waals surface area contributed by atoms with Crippen LogP contribution in [0.4, 0.5) is 0 Å². The summed E-state index contributed by atoms with van der Waals surface area (Å²) in [6.45, 7) is 7.20. The molecule has 1 spiro atoms. The molecule has 64 valence electrons. The highest BCUT2D eigenvalue weighted by molar-refractivity contribution is 5.07. The van der Waals surface area contributed by atoms with Crippen molar-refractivity contribution in [3.05, 3.63) is 0 Å². The fourth-order valence-corrected chi connectivity index (χ4v) is 2.79. The molecule has 0 aromatic rings. The minimum absolute atomic E-state index is 0.893. The zero-order chi connectivity index (χ0) is 8.06. The third-order valence-electron chi connectivity index (χ3n) is 4.32. The molecule has 2 unspecified atom stereocenters. The van der Waals surface area contributed by atoms with Gasteiger partial charge in [0.2, 0.25) is 0 Å². The molecule has 0 aliphatic heterocycles. The van der Waals surface area contributed by atoms with Crippen LogP contribution in [-0.4, -0.2) is 0 Å². The molecule has 2 aliphatic carbocycles. The van der Waals surface area contributed by atoms with Crippen LogP contribution >= 0.6 is 0 Å². The molecule has 2 saturated carbocycles. The van der Waals surface area contributed by atoms with E-state index in [1.807, 2.05) is 0 Å². The first kappa shape index (κ1) is 7.64. The normalized spacial score (nSPS) is 35.5. The van der Waals surface area contributed by atoms with Gasteiger partial charge in [-0.25, -0.2) is 0 Å². The van der Waals surface area contributed by atoms with Crippen molar-refractivity contribution >= 4 is 0 Å². The second kappa shape index (κ2) is 2.24. The molecule has 0 aromatic carbocycles. The molecule has 2 rings (SSSR count). The first-order chi connectivity index (χ1) is 5.16. The van der Waals surface area contributed by atoms with E-state index in [0.29, 0.717) is 0 Å². The summed E-state index contributed by atoms with van der Waals surface area (Å²) < 4.78 is 0. The maximum Gasteiger partial charge on any atom is -0.0266 e. The van der Waals surface area contributed by atoms with E-state index in [2.05, 4.69) is 20.8 Å². The topological polar surface area (TPSA) is 0 Å². The molecule has 0 radical (unpaired) electrons. The molecule has 0 heterocycles. The standard InChI is InChI=1S/C11H20/c1-8(2)9(3)10-4-5-11(10)6-7-11/h8-10H,4-7H2,1-3H3. The zero-order valence-electron chi connectivity index (χ0n) is 8.06. The molecule has 11 heavy (non-hydrogen) atoms. The van der Waals surface area contributed by atoms with E-state index < -0.39 is 0 Å². The molecule has 0 bridgehead atoms. The van der Waals surface area contributed by atoms with E-state index in [0.717, 1.165) is 23.2 Å². The van der Waals surface area contributed by atoms with Gasteiger partial charge < -0.3 is 0 Å². The molecule has 0 N–H and O–H groups in total. The van der Waals surface area contributed by atoms with Crippen LogP contribution in [0.15, 0.2) is 0 Å². The first-order valence-electron chi connectivity index (χ1n) is 5.16. The summed E-state index contributed by atoms with van der Waals surface area (Å²) in [5.74, 6) is 2.98. The van der Waals surface area contributed by atoms with E-state index in [1.54, 1.807) is 19.3 Å². The summed E-state index contributed by atoms with van der Waals surface area (Å²) in [6, 6.07) is 0. The van der Waals surface area contributed by atoms with Crippen molar-refractivity contribution in [1.82, 2.24) is 0 Å². The molecule has 2 fully saturated rings. The van der Waals surface area contributed by atoms with Gasteiger partial charge in [0.15, 0.2) is 0 Å². The smallest absolute Gasteiger partial charge is 0.0266 e. The van der Waals surface area contributed by atoms with Crippen molar-refractivity contribution < 1.29 is 0 Å². The summed E-state index contributed by atoms with van der Waals surface area (Å²) >= 11 is 0. The van der Waals surface area contributed by atoms with Gasteiger partial charge in [-0.15, -0.1) is 0 Å². The van der Waals surface area contributed by atoms with Crippen molar-refractivity contribution in [1.29, 1.82) is 0 Å². The third kappa shape index (κ3) is 1.02. The minimum atomic E-state index is 0.893. The number of hydrogen-bond donors (Lipinski definition) is 0. The van der Waals surface area contributed by atoms with Crippen LogP contribution in [0.3, 0.4) is 0 Å². The Kier molecular flexibility index (Phi) is 1.56. The lowest BCUT2D eigenvalue weighted by atomic mass is 9.62. The Balaban J connectivity index is 1.95. The van der Waals surface area contributed by atoms with Gasteiger partial charge in [-0.1, -0.05) is 20.8 Å². The molecule has 2 atom stereocenters. The summed E-state index contributed by atoms with van der Waals surface area (Å²) in [7, 11) is 0. The van der Waals surface area contributed by atoms with Crippen molar-refractivity contribution in [3.8, 4) is 0 Å². The highest BCUT2D eigenvalue weighted by atomic mass is 14.6. The molecule has 0 aromatic heterocycles. The fourth-order valence-electron chi connectivity index (χ4n) is 2.79. The SMILES string of the molecule is CC(C)C(C)C1CCC12CC2. The van der Waals surface area contributed by atoms with Crippen molar-refractivity contribution in [2.45, 2.75) is 46.5 Å². The molecule has 0 amide bonds. The lowest BCUT2D eigenvalue weighted by Crippen LogP contribution is -2.35. The van der Waals surface area contributed by atoms with Gasteiger partial charge >= 0.3 is 0 Å². The Bertz CT molecular complexity index is 153. The summed E-state index contributed by atoms with van der Waals surface area (Å²) in [5, 5.41) is 0. The van der Waals surface area contributed by atoms with Crippen molar-refractivity contribution in [3.63, 3.8) is 0 Å². The molecular weight excluding hydrogens is 132 g/mol. The molecule has 0 heteroatoms. The van der Waals surface area contributed by atoms with E-state index in [1.165, 1.54) is 6.42 Å². The van der Waals surface area contributed by atoms with Gasteiger partial charge in [-0.3, -0.25) is 0 Å². The van der Waals surface area contributed by atoms with Crippen LogP contribution in [0, 0.1) is 23.2 Å². The molecule has 2 aliphatic rings. The van der Waals surface area contributed by atoms with E-state index >= 15 is 0 Å². The zero-order valence-corrected chi connectivity index (χ0v) is 8.06. The van der Waals surface area contributed by atoms with Gasteiger partial charge in [0, 0.05) is 0 Å². The Morgan fingerprint density at radius 1 is 1.09 bits per heavy atom. The minimum Gasteiger partial charge on any atom is -0.0625 e. The van der Waals surface area contributed by atoms with Gasteiger partial charge in [-0.05, 0) is 48.9 Å².